The number of anilines is 1. The highest BCUT2D eigenvalue weighted by Gasteiger charge is 2.54. The summed E-state index contributed by atoms with van der Waals surface area (Å²) in [4.78, 5) is 61.2. The topological polar surface area (TPSA) is 160 Å². The number of aromatic nitrogens is 1. The molecule has 206 valence electrons. The number of thioether (sulfide) groups is 1. The fraction of sp³-hybridized carbons (Fsp3) is 0.565. The van der Waals surface area contributed by atoms with Crippen LogP contribution in [0.15, 0.2) is 16.4 Å². The van der Waals surface area contributed by atoms with Gasteiger partial charge in [0.15, 0.2) is 10.8 Å². The zero-order chi connectivity index (χ0) is 27.8. The van der Waals surface area contributed by atoms with Crippen molar-refractivity contribution in [1.82, 2.24) is 15.2 Å². The molecule has 3 aliphatic rings. The first kappa shape index (κ1) is 28.2. The Morgan fingerprint density at radius 2 is 1.92 bits per heavy atom. The lowest BCUT2D eigenvalue weighted by molar-refractivity contribution is -0.150. The molecule has 1 saturated heterocycles. The lowest BCUT2D eigenvalue weighted by Gasteiger charge is -2.49. The number of carboxylic acids is 1. The zero-order valence-electron chi connectivity index (χ0n) is 21.2. The monoisotopic (exact) mass is 585 g/mol. The molecule has 2 atom stereocenters. The van der Waals surface area contributed by atoms with E-state index >= 15 is 0 Å². The minimum atomic E-state index is -1.20. The Bertz CT molecular complexity index is 1220. The quantitative estimate of drug-likeness (QED) is 0.247. The van der Waals surface area contributed by atoms with Gasteiger partial charge in [-0.3, -0.25) is 19.8 Å². The molecule has 38 heavy (non-hydrogen) atoms. The van der Waals surface area contributed by atoms with Crippen molar-refractivity contribution in [3.8, 4) is 0 Å². The summed E-state index contributed by atoms with van der Waals surface area (Å²) >= 11 is 8.65. The van der Waals surface area contributed by atoms with Crippen LogP contribution < -0.4 is 10.6 Å². The molecule has 15 heteroatoms. The van der Waals surface area contributed by atoms with Crippen LogP contribution in [0.25, 0.3) is 0 Å². The molecule has 4 rings (SSSR count). The molecule has 1 saturated carbocycles. The van der Waals surface area contributed by atoms with E-state index in [1.54, 1.807) is 27.7 Å². The summed E-state index contributed by atoms with van der Waals surface area (Å²) in [7, 11) is 0. The van der Waals surface area contributed by atoms with E-state index in [9.17, 15) is 24.3 Å². The molecule has 1 aromatic rings. The van der Waals surface area contributed by atoms with E-state index in [0.717, 1.165) is 37.0 Å². The van der Waals surface area contributed by atoms with E-state index < -0.39 is 40.9 Å². The normalized spacial score (nSPS) is 22.1. The van der Waals surface area contributed by atoms with Crippen LogP contribution in [0.2, 0.25) is 4.34 Å². The molecule has 12 nitrogen and oxygen atoms in total. The number of carbonyl (C=O) groups is 4. The molecule has 3 amide bonds. The van der Waals surface area contributed by atoms with Gasteiger partial charge in [-0.1, -0.05) is 28.1 Å². The van der Waals surface area contributed by atoms with Gasteiger partial charge in [0.1, 0.15) is 38.8 Å². The fourth-order valence-electron chi connectivity index (χ4n) is 4.19. The van der Waals surface area contributed by atoms with E-state index in [0.29, 0.717) is 11.3 Å². The standard InChI is InChI=1S/C23H28ClN5O7S2/c1-10-9-37-19-14(18(31)29(19)15(10)20(32)33)25-17(30)13(28-36-11-7-5-6-8-11)12-16(24)38-21(26-12)27-22(34)35-23(2,3)4/h11,14,19H,5-9H2,1-4H3,(H,25,30)(H,32,33)(H,26,27,34). The second-order valence-corrected chi connectivity index (χ2v) is 12.7. The predicted molar refractivity (Wildman–Crippen MR) is 142 cm³/mol. The van der Waals surface area contributed by atoms with Gasteiger partial charge in [0, 0.05) is 5.75 Å². The van der Waals surface area contributed by atoms with Crippen molar-refractivity contribution in [3.63, 3.8) is 0 Å². The number of fused-ring (bicyclic) bond motifs is 1. The highest BCUT2D eigenvalue weighted by atomic mass is 35.5. The summed E-state index contributed by atoms with van der Waals surface area (Å²) in [6.45, 7) is 6.80. The number of carbonyl (C=O) groups excluding carboxylic acids is 3. The van der Waals surface area contributed by atoms with E-state index in [2.05, 4.69) is 20.8 Å². The number of aliphatic carboxylic acids is 1. The Labute approximate surface area is 232 Å². The highest BCUT2D eigenvalue weighted by Crippen LogP contribution is 2.40. The summed E-state index contributed by atoms with van der Waals surface area (Å²) < 4.78 is 5.30. The highest BCUT2D eigenvalue weighted by molar-refractivity contribution is 8.00. The van der Waals surface area contributed by atoms with Gasteiger partial charge < -0.3 is 20.0 Å². The number of hydrogen-bond donors (Lipinski definition) is 3. The minimum Gasteiger partial charge on any atom is -0.477 e. The van der Waals surface area contributed by atoms with Gasteiger partial charge >= 0.3 is 12.1 Å². The number of thiazole rings is 1. The first-order chi connectivity index (χ1) is 17.9. The molecule has 2 fully saturated rings. The molecular weight excluding hydrogens is 558 g/mol. The van der Waals surface area contributed by atoms with Crippen LogP contribution in [0.5, 0.6) is 0 Å². The summed E-state index contributed by atoms with van der Waals surface area (Å²) in [5.74, 6) is -2.09. The van der Waals surface area contributed by atoms with Gasteiger partial charge in [0.05, 0.1) is 0 Å². The maximum atomic E-state index is 13.4. The molecule has 1 aromatic heterocycles. The maximum absolute atomic E-state index is 13.4. The zero-order valence-corrected chi connectivity index (χ0v) is 23.6. The largest absolute Gasteiger partial charge is 0.477 e. The fourth-order valence-corrected chi connectivity index (χ4v) is 6.51. The van der Waals surface area contributed by atoms with Gasteiger partial charge in [-0.25, -0.2) is 14.6 Å². The summed E-state index contributed by atoms with van der Waals surface area (Å²) in [5.41, 5.74) is -0.510. The van der Waals surface area contributed by atoms with Crippen LogP contribution in [0, 0.1) is 0 Å². The molecule has 0 aromatic carbocycles. The van der Waals surface area contributed by atoms with Crippen molar-refractivity contribution in [2.24, 2.45) is 5.16 Å². The number of hydrogen-bond acceptors (Lipinski definition) is 10. The van der Waals surface area contributed by atoms with Crippen LogP contribution in [-0.4, -0.2) is 73.5 Å². The van der Waals surface area contributed by atoms with Gasteiger partial charge in [0.25, 0.3) is 11.8 Å². The Kier molecular flexibility index (Phi) is 8.23. The smallest absolute Gasteiger partial charge is 0.413 e. The van der Waals surface area contributed by atoms with Crippen LogP contribution in [0.4, 0.5) is 9.93 Å². The number of nitrogens with zero attached hydrogens (tertiary/aromatic N) is 3. The summed E-state index contributed by atoms with van der Waals surface area (Å²) in [6.07, 6.45) is 2.61. The van der Waals surface area contributed by atoms with E-state index in [4.69, 9.17) is 21.2 Å². The molecule has 1 aliphatic carbocycles. The molecule has 2 unspecified atom stereocenters. The third-order valence-corrected chi connectivity index (χ3v) is 8.47. The van der Waals surface area contributed by atoms with Crippen LogP contribution in [0.1, 0.15) is 59.1 Å². The number of oxime groups is 1. The van der Waals surface area contributed by atoms with Crippen LogP contribution in [0.3, 0.4) is 0 Å². The number of β-lactam (4-membered cyclic amide) rings is 1. The van der Waals surface area contributed by atoms with E-state index in [-0.39, 0.29) is 32.7 Å². The Balaban J connectivity index is 1.55. The number of amides is 3. The van der Waals surface area contributed by atoms with Crippen molar-refractivity contribution in [2.45, 2.75) is 76.5 Å². The average molecular weight is 586 g/mol. The van der Waals surface area contributed by atoms with Gasteiger partial charge in [-0.05, 0) is 59.0 Å². The van der Waals surface area contributed by atoms with Crippen molar-refractivity contribution in [1.29, 1.82) is 0 Å². The van der Waals surface area contributed by atoms with Gasteiger partial charge in [-0.15, -0.1) is 11.8 Å². The van der Waals surface area contributed by atoms with Crippen LogP contribution >= 0.6 is 34.7 Å². The molecule has 0 spiro atoms. The van der Waals surface area contributed by atoms with E-state index in [1.807, 2.05) is 0 Å². The minimum absolute atomic E-state index is 0.0277. The molecule has 3 heterocycles. The van der Waals surface area contributed by atoms with Crippen molar-refractivity contribution >= 4 is 69.4 Å². The Hall–Kier alpha value is -2.84. The lowest BCUT2D eigenvalue weighted by Crippen LogP contribution is -2.71. The number of nitrogens with one attached hydrogen (secondary N) is 2. The number of carboxylic acid groups (broad SMARTS) is 1. The summed E-state index contributed by atoms with van der Waals surface area (Å²) in [5, 5.41) is 18.2. The van der Waals surface area contributed by atoms with Gasteiger partial charge in [0.2, 0.25) is 0 Å². The first-order valence-corrected chi connectivity index (χ1v) is 14.2. The van der Waals surface area contributed by atoms with Crippen LogP contribution in [-0.2, 0) is 24.0 Å². The van der Waals surface area contributed by atoms with Crippen molar-refractivity contribution in [2.75, 3.05) is 11.1 Å². The number of rotatable bonds is 7. The second-order valence-electron chi connectivity index (χ2n) is 10.0. The molecular formula is C23H28ClN5O7S2. The molecule has 0 radical (unpaired) electrons. The molecule has 2 aliphatic heterocycles. The SMILES string of the molecule is CC1=C(C(=O)O)N2C(=O)C(NC(=O)C(=NOC3CCCC3)c3nc(NC(=O)OC(C)(C)C)sc3Cl)C2SC1. The Morgan fingerprint density at radius 3 is 2.55 bits per heavy atom. The second kappa shape index (κ2) is 11.1. The number of ether oxygens (including phenoxy) is 1. The first-order valence-electron chi connectivity index (χ1n) is 11.9. The maximum Gasteiger partial charge on any atom is 0.413 e. The lowest BCUT2D eigenvalue weighted by atomic mass is 10.0. The van der Waals surface area contributed by atoms with E-state index in [1.165, 1.54) is 16.7 Å². The number of halogens is 1. The third kappa shape index (κ3) is 6.07. The van der Waals surface area contributed by atoms with Gasteiger partial charge in [-0.2, -0.15) is 0 Å². The predicted octanol–water partition coefficient (Wildman–Crippen LogP) is 3.57. The van der Waals surface area contributed by atoms with Crippen molar-refractivity contribution in [3.05, 3.63) is 21.3 Å². The molecule has 0 bridgehead atoms. The third-order valence-electron chi connectivity index (χ3n) is 5.88. The average Bonchev–Trinajstić information content (AvgIpc) is 3.45. The summed E-state index contributed by atoms with van der Waals surface area (Å²) in [6, 6.07) is -0.969. The Morgan fingerprint density at radius 1 is 1.24 bits per heavy atom. The van der Waals surface area contributed by atoms with Crippen molar-refractivity contribution < 1.29 is 33.9 Å². The molecule has 3 N–H and O–H groups in total.